The number of hydrogen-bond acceptors (Lipinski definition) is 6. The summed E-state index contributed by atoms with van der Waals surface area (Å²) in [6, 6.07) is 26.9. The van der Waals surface area contributed by atoms with Crippen molar-refractivity contribution in [3.05, 3.63) is 130 Å². The van der Waals surface area contributed by atoms with Gasteiger partial charge >= 0.3 is 5.97 Å². The number of hydrogen-bond donors (Lipinski definition) is 2. The monoisotopic (exact) mass is 641 g/mol. The molecule has 0 aliphatic rings. The maximum absolute atomic E-state index is 13.5. The average Bonchev–Trinajstić information content (AvgIpc) is 3.48. The molecule has 2 heterocycles. The van der Waals surface area contributed by atoms with Crippen LogP contribution in [0.15, 0.2) is 97.2 Å². The molecule has 5 rings (SSSR count). The van der Waals surface area contributed by atoms with Gasteiger partial charge in [-0.2, -0.15) is 5.10 Å². The summed E-state index contributed by atoms with van der Waals surface area (Å²) in [7, 11) is 1.37. The third-order valence-electron chi connectivity index (χ3n) is 6.95. The first-order valence-corrected chi connectivity index (χ1v) is 14.9. The van der Waals surface area contributed by atoms with Crippen LogP contribution in [0.3, 0.4) is 0 Å². The molecular formula is C34H29Cl2N5O4. The van der Waals surface area contributed by atoms with Crippen LogP contribution < -0.4 is 10.6 Å². The fourth-order valence-corrected chi connectivity index (χ4v) is 5.19. The van der Waals surface area contributed by atoms with Crippen LogP contribution in [-0.2, 0) is 22.4 Å². The number of anilines is 1. The third kappa shape index (κ3) is 7.94. The lowest BCUT2D eigenvalue weighted by molar-refractivity contribution is -0.139. The molecule has 2 N–H and O–H groups in total. The van der Waals surface area contributed by atoms with Crippen LogP contribution in [0.2, 0.25) is 10.0 Å². The molecule has 0 saturated carbocycles. The summed E-state index contributed by atoms with van der Waals surface area (Å²) >= 11 is 12.9. The standard InChI is InChI=1S/C34H29Cl2N5O4/c1-45-32(42)18-23-14-12-22(13-15-23)8-7-17-38-34(44)30-21-31(41(40-30)24-9-3-2-4-10-24)39-33(43)26-19-25(27(35)20-28(26)36)29-11-5-6-16-37-29/h2-6,9-16,19-21H,7-8,17-18H2,1H3,(H,38,44)(H,39,43). The van der Waals surface area contributed by atoms with Gasteiger partial charge in [-0.25, -0.2) is 4.68 Å². The zero-order valence-electron chi connectivity index (χ0n) is 24.3. The van der Waals surface area contributed by atoms with Gasteiger partial charge in [-0.1, -0.05) is 71.7 Å². The van der Waals surface area contributed by atoms with Crippen LogP contribution in [0.1, 0.15) is 38.4 Å². The number of amides is 2. The Morgan fingerprint density at radius 1 is 0.844 bits per heavy atom. The van der Waals surface area contributed by atoms with E-state index in [1.54, 1.807) is 24.4 Å². The van der Waals surface area contributed by atoms with Gasteiger partial charge in [0, 0.05) is 24.4 Å². The molecule has 3 aromatic carbocycles. The second-order valence-electron chi connectivity index (χ2n) is 10.1. The van der Waals surface area contributed by atoms with Gasteiger partial charge in [-0.05, 0) is 60.4 Å². The number of carbonyl (C=O) groups excluding carboxylic acids is 3. The maximum atomic E-state index is 13.5. The predicted octanol–water partition coefficient (Wildman–Crippen LogP) is 6.57. The van der Waals surface area contributed by atoms with Crippen LogP contribution in [0, 0.1) is 0 Å². The highest BCUT2D eigenvalue weighted by Gasteiger charge is 2.21. The fraction of sp³-hybridized carbons (Fsp3) is 0.147. The van der Waals surface area contributed by atoms with E-state index < -0.39 is 5.91 Å². The molecule has 11 heteroatoms. The molecule has 0 bridgehead atoms. The minimum Gasteiger partial charge on any atom is -0.469 e. The number of nitrogens with zero attached hydrogens (tertiary/aromatic N) is 3. The Bertz CT molecular complexity index is 1810. The van der Waals surface area contributed by atoms with Gasteiger partial charge in [0.15, 0.2) is 5.69 Å². The second-order valence-corrected chi connectivity index (χ2v) is 10.9. The van der Waals surface area contributed by atoms with Gasteiger partial charge in [0.2, 0.25) is 0 Å². The summed E-state index contributed by atoms with van der Waals surface area (Å²) in [6.07, 6.45) is 3.29. The molecule has 0 saturated heterocycles. The number of ether oxygens (including phenoxy) is 1. The number of carbonyl (C=O) groups is 3. The van der Waals surface area contributed by atoms with Crippen LogP contribution >= 0.6 is 23.2 Å². The summed E-state index contributed by atoms with van der Waals surface area (Å²) in [5, 5.41) is 10.8. The maximum Gasteiger partial charge on any atom is 0.309 e. The molecular weight excluding hydrogens is 613 g/mol. The summed E-state index contributed by atoms with van der Waals surface area (Å²) in [5.74, 6) is -0.883. The van der Waals surface area contributed by atoms with Gasteiger partial charge in [0.05, 0.1) is 40.5 Å². The van der Waals surface area contributed by atoms with E-state index in [4.69, 9.17) is 27.9 Å². The number of esters is 1. The number of methoxy groups -OCH3 is 1. The first-order valence-electron chi connectivity index (χ1n) is 14.1. The Balaban J connectivity index is 1.29. The van der Waals surface area contributed by atoms with Gasteiger partial charge in [0.25, 0.3) is 11.8 Å². The molecule has 2 amide bonds. The Kier molecular flexibility index (Phi) is 10.2. The normalized spacial score (nSPS) is 10.7. The predicted molar refractivity (Wildman–Crippen MR) is 174 cm³/mol. The van der Waals surface area contributed by atoms with Crippen molar-refractivity contribution in [2.24, 2.45) is 0 Å². The van der Waals surface area contributed by atoms with Crippen molar-refractivity contribution in [1.82, 2.24) is 20.1 Å². The van der Waals surface area contributed by atoms with Crippen molar-refractivity contribution in [2.75, 3.05) is 19.0 Å². The van der Waals surface area contributed by atoms with Crippen LogP contribution in [0.25, 0.3) is 16.9 Å². The second kappa shape index (κ2) is 14.7. The number of aromatic nitrogens is 3. The molecule has 0 radical (unpaired) electrons. The van der Waals surface area contributed by atoms with Crippen LogP contribution in [0.5, 0.6) is 0 Å². The molecule has 0 unspecified atom stereocenters. The highest BCUT2D eigenvalue weighted by atomic mass is 35.5. The molecule has 45 heavy (non-hydrogen) atoms. The summed E-state index contributed by atoms with van der Waals surface area (Å²) < 4.78 is 6.20. The van der Waals surface area contributed by atoms with Crippen molar-refractivity contribution in [1.29, 1.82) is 0 Å². The SMILES string of the molecule is COC(=O)Cc1ccc(CCCNC(=O)c2cc(NC(=O)c3cc(-c4ccccn4)c(Cl)cc3Cl)n(-c3ccccc3)n2)cc1. The smallest absolute Gasteiger partial charge is 0.309 e. The van der Waals surface area contributed by atoms with Crippen molar-refractivity contribution < 1.29 is 19.1 Å². The topological polar surface area (TPSA) is 115 Å². The van der Waals surface area contributed by atoms with Crippen molar-refractivity contribution >= 4 is 46.8 Å². The number of para-hydroxylation sites is 1. The largest absolute Gasteiger partial charge is 0.469 e. The first kappa shape index (κ1) is 31.4. The van der Waals surface area contributed by atoms with Crippen molar-refractivity contribution in [2.45, 2.75) is 19.3 Å². The highest BCUT2D eigenvalue weighted by Crippen LogP contribution is 2.32. The van der Waals surface area contributed by atoms with E-state index in [2.05, 4.69) is 20.7 Å². The van der Waals surface area contributed by atoms with Crippen molar-refractivity contribution in [3.63, 3.8) is 0 Å². The molecule has 0 spiro atoms. The molecule has 2 aromatic heterocycles. The Morgan fingerprint density at radius 2 is 1.58 bits per heavy atom. The molecule has 0 atom stereocenters. The number of halogens is 2. The van der Waals surface area contributed by atoms with Gasteiger partial charge in [-0.3, -0.25) is 19.4 Å². The molecule has 0 aliphatic heterocycles. The van der Waals surface area contributed by atoms with E-state index in [1.807, 2.05) is 60.7 Å². The summed E-state index contributed by atoms with van der Waals surface area (Å²) in [4.78, 5) is 42.4. The van der Waals surface area contributed by atoms with E-state index >= 15 is 0 Å². The van der Waals surface area contributed by atoms with E-state index in [1.165, 1.54) is 23.9 Å². The van der Waals surface area contributed by atoms with E-state index in [9.17, 15) is 14.4 Å². The van der Waals surface area contributed by atoms with Crippen molar-refractivity contribution in [3.8, 4) is 16.9 Å². The van der Waals surface area contributed by atoms with E-state index in [0.717, 1.165) is 17.5 Å². The number of benzene rings is 3. The Morgan fingerprint density at radius 3 is 2.29 bits per heavy atom. The third-order valence-corrected chi connectivity index (χ3v) is 7.58. The average molecular weight is 643 g/mol. The number of pyridine rings is 1. The first-order chi connectivity index (χ1) is 21.8. The minimum atomic E-state index is -0.504. The summed E-state index contributed by atoms with van der Waals surface area (Å²) in [5.41, 5.74) is 4.09. The highest BCUT2D eigenvalue weighted by molar-refractivity contribution is 6.38. The molecule has 228 valence electrons. The van der Waals surface area contributed by atoms with Crippen LogP contribution in [0.4, 0.5) is 5.82 Å². The molecule has 9 nitrogen and oxygen atoms in total. The zero-order valence-corrected chi connectivity index (χ0v) is 25.8. The van der Waals surface area contributed by atoms with Crippen LogP contribution in [-0.4, -0.2) is 46.2 Å². The van der Waals surface area contributed by atoms with Gasteiger partial charge in [-0.15, -0.1) is 0 Å². The minimum absolute atomic E-state index is 0.137. The fourth-order valence-electron chi connectivity index (χ4n) is 4.62. The molecule has 5 aromatic rings. The number of nitrogens with one attached hydrogen (secondary N) is 2. The molecule has 0 fully saturated rings. The van der Waals surface area contributed by atoms with E-state index in [-0.39, 0.29) is 40.4 Å². The number of rotatable bonds is 11. The summed E-state index contributed by atoms with van der Waals surface area (Å²) in [6.45, 7) is 0.416. The lowest BCUT2D eigenvalue weighted by atomic mass is 10.1. The van der Waals surface area contributed by atoms with Gasteiger partial charge in [0.1, 0.15) is 5.82 Å². The zero-order chi connectivity index (χ0) is 31.8. The van der Waals surface area contributed by atoms with E-state index in [0.29, 0.717) is 34.9 Å². The lowest BCUT2D eigenvalue weighted by Crippen LogP contribution is -2.25. The lowest BCUT2D eigenvalue weighted by Gasteiger charge is -2.12. The molecule has 0 aliphatic carbocycles. The quantitative estimate of drug-likeness (QED) is 0.124. The Hall–Kier alpha value is -4.99. The number of aryl methyl sites for hydroxylation is 1. The Labute approximate surface area is 270 Å². The van der Waals surface area contributed by atoms with Gasteiger partial charge < -0.3 is 15.4 Å².